The van der Waals surface area contributed by atoms with Crippen molar-refractivity contribution in [3.05, 3.63) is 0 Å². The largest absolute Gasteiger partial charge is 0.367 e. The smallest absolute Gasteiger partial charge is 0.248 e. The number of carbonyl (C=O) groups excluding carboxylic acids is 1. The van der Waals surface area contributed by atoms with E-state index in [1.165, 1.54) is 0 Å². The fraction of sp³-hybridized carbons (Fsp3) is 0.667. The first-order chi connectivity index (χ1) is 3.50. The summed E-state index contributed by atoms with van der Waals surface area (Å²) in [4.78, 5) is 10.3. The van der Waals surface area contributed by atoms with E-state index in [1.807, 2.05) is 45.2 Å². The molecule has 0 aromatic heterocycles. The number of rotatable bonds is 2. The summed E-state index contributed by atoms with van der Waals surface area (Å²) in [5.41, 5.74) is 10.3. The normalized spacial score (nSPS) is 17.4. The zero-order chi connectivity index (χ0) is 6.78. The summed E-state index contributed by atoms with van der Waals surface area (Å²) in [6.07, 6.45) is 0. The molecule has 1 atom stereocenters. The van der Waals surface area contributed by atoms with Crippen molar-refractivity contribution in [1.29, 1.82) is 0 Å². The van der Waals surface area contributed by atoms with E-state index in [9.17, 15) is 4.79 Å². The highest BCUT2D eigenvalue weighted by atomic mass is 127. The van der Waals surface area contributed by atoms with Gasteiger partial charge in [-0.05, 0) is 0 Å². The fourth-order valence-electron chi connectivity index (χ4n) is 0.0659. The zero-order valence-electron chi connectivity index (χ0n) is 4.03. The lowest BCUT2D eigenvalue weighted by molar-refractivity contribution is -0.119. The molecule has 0 saturated carbocycles. The molecule has 0 bridgehead atoms. The lowest BCUT2D eigenvalue weighted by Crippen LogP contribution is -2.47. The molecule has 3 nitrogen and oxygen atoms in total. The summed E-state index contributed by atoms with van der Waals surface area (Å²) in [5.74, 6) is -0.465. The molecule has 48 valence electrons. The maximum atomic E-state index is 10.3. The summed E-state index contributed by atoms with van der Waals surface area (Å²) in [5, 5.41) is 0. The van der Waals surface area contributed by atoms with Crippen LogP contribution in [0.4, 0.5) is 0 Å². The van der Waals surface area contributed by atoms with Gasteiger partial charge in [0.15, 0.2) is 3.55 Å². The Morgan fingerprint density at radius 1 is 1.75 bits per heavy atom. The predicted octanol–water partition coefficient (Wildman–Crippen LogP) is -0.00330. The van der Waals surface area contributed by atoms with Crippen LogP contribution in [-0.2, 0) is 4.79 Å². The van der Waals surface area contributed by atoms with E-state index in [-0.39, 0.29) is 0 Å². The number of hydrogen-bond acceptors (Lipinski definition) is 2. The summed E-state index contributed by atoms with van der Waals surface area (Å²) in [7, 11) is 0. The molecule has 0 aromatic carbocycles. The van der Waals surface area contributed by atoms with Crippen LogP contribution < -0.4 is 11.5 Å². The SMILES string of the molecule is NC(=O)C(N)(I)CI. The minimum Gasteiger partial charge on any atom is -0.367 e. The van der Waals surface area contributed by atoms with Gasteiger partial charge in [0.2, 0.25) is 5.91 Å². The summed E-state index contributed by atoms with van der Waals surface area (Å²) in [6.45, 7) is 0. The second kappa shape index (κ2) is 3.16. The Bertz CT molecular complexity index is 103. The standard InChI is InChI=1S/C3H6I2N2O/c4-1-3(5,7)2(6)8/h1,7H2,(H2,6,8). The zero-order valence-corrected chi connectivity index (χ0v) is 8.34. The molecule has 4 N–H and O–H groups in total. The molecule has 5 heteroatoms. The minimum absolute atomic E-state index is 0.465. The van der Waals surface area contributed by atoms with Gasteiger partial charge >= 0.3 is 0 Å². The van der Waals surface area contributed by atoms with E-state index in [0.717, 1.165) is 0 Å². The number of primary amides is 1. The molecule has 0 aromatic rings. The summed E-state index contributed by atoms with van der Waals surface area (Å²) < 4.78 is -0.320. The first kappa shape index (κ1) is 8.89. The maximum Gasteiger partial charge on any atom is 0.248 e. The van der Waals surface area contributed by atoms with Crippen LogP contribution in [0.25, 0.3) is 0 Å². The highest BCUT2D eigenvalue weighted by Crippen LogP contribution is 2.12. The Labute approximate surface area is 74.8 Å². The Hall–Kier alpha value is 0.890. The highest BCUT2D eigenvalue weighted by Gasteiger charge is 2.25. The second-order valence-corrected chi connectivity index (χ2v) is 4.05. The minimum atomic E-state index is -0.863. The van der Waals surface area contributed by atoms with Gasteiger partial charge < -0.3 is 11.5 Å². The molecule has 8 heavy (non-hydrogen) atoms. The van der Waals surface area contributed by atoms with Gasteiger partial charge in [-0.3, -0.25) is 4.79 Å². The number of nitrogens with two attached hydrogens (primary N) is 2. The molecule has 0 aliphatic heterocycles. The number of amides is 1. The molecule has 0 radical (unpaired) electrons. The average Bonchev–Trinajstić information content (AvgIpc) is 1.67. The molecule has 0 saturated heterocycles. The third-order valence-corrected chi connectivity index (χ3v) is 4.18. The van der Waals surface area contributed by atoms with Gasteiger partial charge in [-0.1, -0.05) is 45.2 Å². The van der Waals surface area contributed by atoms with Crippen molar-refractivity contribution in [2.45, 2.75) is 3.55 Å². The van der Waals surface area contributed by atoms with Crippen molar-refractivity contribution >= 4 is 51.1 Å². The number of hydrogen-bond donors (Lipinski definition) is 2. The topological polar surface area (TPSA) is 69.1 Å². The van der Waals surface area contributed by atoms with Crippen LogP contribution in [-0.4, -0.2) is 13.9 Å². The Balaban J connectivity index is 3.91. The van der Waals surface area contributed by atoms with Crippen molar-refractivity contribution in [3.63, 3.8) is 0 Å². The van der Waals surface area contributed by atoms with Gasteiger partial charge in [-0.2, -0.15) is 0 Å². The first-order valence-corrected chi connectivity index (χ1v) is 4.45. The van der Waals surface area contributed by atoms with E-state index in [4.69, 9.17) is 11.5 Å². The number of carbonyl (C=O) groups is 1. The molecule has 0 spiro atoms. The van der Waals surface area contributed by atoms with Crippen LogP contribution in [0.5, 0.6) is 0 Å². The predicted molar refractivity (Wildman–Crippen MR) is 49.0 cm³/mol. The third-order valence-electron chi connectivity index (χ3n) is 0.604. The first-order valence-electron chi connectivity index (χ1n) is 1.84. The second-order valence-electron chi connectivity index (χ2n) is 1.36. The highest BCUT2D eigenvalue weighted by molar-refractivity contribution is 14.1. The average molecular weight is 340 g/mol. The van der Waals surface area contributed by atoms with Crippen molar-refractivity contribution < 1.29 is 4.79 Å². The van der Waals surface area contributed by atoms with Crippen LogP contribution >= 0.6 is 45.2 Å². The number of alkyl halides is 2. The van der Waals surface area contributed by atoms with Gasteiger partial charge in [0.05, 0.1) is 0 Å². The van der Waals surface area contributed by atoms with Crippen molar-refractivity contribution in [3.8, 4) is 0 Å². The Morgan fingerprint density at radius 2 is 2.12 bits per heavy atom. The maximum absolute atomic E-state index is 10.3. The van der Waals surface area contributed by atoms with Crippen molar-refractivity contribution in [2.24, 2.45) is 11.5 Å². The van der Waals surface area contributed by atoms with Crippen LogP contribution in [0.1, 0.15) is 0 Å². The van der Waals surface area contributed by atoms with Crippen LogP contribution in [0.2, 0.25) is 0 Å². The van der Waals surface area contributed by atoms with Crippen LogP contribution in [0, 0.1) is 0 Å². The molecule has 0 rings (SSSR count). The van der Waals surface area contributed by atoms with E-state index in [2.05, 4.69) is 0 Å². The van der Waals surface area contributed by atoms with Gasteiger partial charge in [0.25, 0.3) is 0 Å². The quantitative estimate of drug-likeness (QED) is 0.422. The fourth-order valence-corrected chi connectivity index (χ4v) is 0.442. The molecule has 1 unspecified atom stereocenters. The molecular weight excluding hydrogens is 334 g/mol. The van der Waals surface area contributed by atoms with E-state index < -0.39 is 9.45 Å². The monoisotopic (exact) mass is 340 g/mol. The Kier molecular flexibility index (Phi) is 3.51. The van der Waals surface area contributed by atoms with Crippen molar-refractivity contribution in [1.82, 2.24) is 0 Å². The van der Waals surface area contributed by atoms with Gasteiger partial charge in [-0.15, -0.1) is 0 Å². The number of halogens is 2. The summed E-state index contributed by atoms with van der Waals surface area (Å²) in [6, 6.07) is 0. The van der Waals surface area contributed by atoms with Gasteiger partial charge in [0, 0.05) is 4.43 Å². The Morgan fingerprint density at radius 3 is 2.12 bits per heavy atom. The molecule has 0 aliphatic carbocycles. The lowest BCUT2D eigenvalue weighted by Gasteiger charge is -2.12. The van der Waals surface area contributed by atoms with Crippen LogP contribution in [0.15, 0.2) is 0 Å². The van der Waals surface area contributed by atoms with Crippen LogP contribution in [0.3, 0.4) is 0 Å². The lowest BCUT2D eigenvalue weighted by atomic mass is 10.4. The molecule has 0 fully saturated rings. The van der Waals surface area contributed by atoms with E-state index in [1.54, 1.807) is 0 Å². The molecule has 0 heterocycles. The molecular formula is C3H6I2N2O. The molecule has 1 amide bonds. The van der Waals surface area contributed by atoms with Gasteiger partial charge in [0.1, 0.15) is 0 Å². The summed E-state index contributed by atoms with van der Waals surface area (Å²) >= 11 is 3.84. The van der Waals surface area contributed by atoms with E-state index in [0.29, 0.717) is 4.43 Å². The third kappa shape index (κ3) is 2.44. The van der Waals surface area contributed by atoms with Crippen molar-refractivity contribution in [2.75, 3.05) is 4.43 Å². The molecule has 0 aliphatic rings. The van der Waals surface area contributed by atoms with E-state index >= 15 is 0 Å². The van der Waals surface area contributed by atoms with Gasteiger partial charge in [-0.25, -0.2) is 0 Å².